The Morgan fingerprint density at radius 1 is 1.67 bits per heavy atom. The topological polar surface area (TPSA) is 9.23 Å². The van der Waals surface area contributed by atoms with Gasteiger partial charge in [-0.25, -0.2) is 0 Å². The van der Waals surface area contributed by atoms with E-state index in [1.54, 1.807) is 7.11 Å². The molecule has 1 unspecified atom stereocenters. The predicted octanol–water partition coefficient (Wildman–Crippen LogP) is 2.46. The maximum atomic E-state index is 5.19. The van der Waals surface area contributed by atoms with Gasteiger partial charge >= 0.3 is 0 Å². The van der Waals surface area contributed by atoms with Gasteiger partial charge in [-0.15, -0.1) is 0 Å². The van der Waals surface area contributed by atoms with Crippen LogP contribution in [0.1, 0.15) is 19.8 Å². The third kappa shape index (κ3) is 1.36. The van der Waals surface area contributed by atoms with Crippen molar-refractivity contribution in [1.82, 2.24) is 0 Å². The van der Waals surface area contributed by atoms with Crippen molar-refractivity contribution >= 4 is 15.9 Å². The standard InChI is InChI=1S/C7H11BrO/c1-5-3-4-6(9-2)7(5)8/h6H,3-4H2,1-2H3. The van der Waals surface area contributed by atoms with Gasteiger partial charge in [0.15, 0.2) is 0 Å². The number of ether oxygens (including phenoxy) is 1. The summed E-state index contributed by atoms with van der Waals surface area (Å²) < 4.78 is 6.44. The van der Waals surface area contributed by atoms with Gasteiger partial charge < -0.3 is 4.74 Å². The molecule has 0 saturated carbocycles. The van der Waals surface area contributed by atoms with Crippen molar-refractivity contribution in [1.29, 1.82) is 0 Å². The van der Waals surface area contributed by atoms with Gasteiger partial charge in [0.1, 0.15) is 0 Å². The van der Waals surface area contributed by atoms with Crippen LogP contribution in [0.2, 0.25) is 0 Å². The highest BCUT2D eigenvalue weighted by Gasteiger charge is 2.19. The van der Waals surface area contributed by atoms with Gasteiger partial charge in [0, 0.05) is 11.6 Å². The average molecular weight is 191 g/mol. The van der Waals surface area contributed by atoms with Crippen molar-refractivity contribution in [2.24, 2.45) is 0 Å². The Morgan fingerprint density at radius 3 is 2.56 bits per heavy atom. The molecule has 0 fully saturated rings. The number of rotatable bonds is 1. The van der Waals surface area contributed by atoms with Gasteiger partial charge in [-0.2, -0.15) is 0 Å². The summed E-state index contributed by atoms with van der Waals surface area (Å²) in [5, 5.41) is 0. The number of allylic oxidation sites excluding steroid dienone is 1. The molecule has 0 N–H and O–H groups in total. The van der Waals surface area contributed by atoms with Crippen LogP contribution in [-0.4, -0.2) is 13.2 Å². The van der Waals surface area contributed by atoms with E-state index in [9.17, 15) is 0 Å². The fourth-order valence-electron chi connectivity index (χ4n) is 1.09. The van der Waals surface area contributed by atoms with Crippen LogP contribution in [0.5, 0.6) is 0 Å². The smallest absolute Gasteiger partial charge is 0.0888 e. The van der Waals surface area contributed by atoms with E-state index in [1.165, 1.54) is 16.5 Å². The Labute approximate surface area is 64.2 Å². The lowest BCUT2D eigenvalue weighted by Gasteiger charge is -2.05. The van der Waals surface area contributed by atoms with Crippen LogP contribution in [0.4, 0.5) is 0 Å². The first-order valence-corrected chi connectivity index (χ1v) is 3.93. The van der Waals surface area contributed by atoms with Crippen LogP contribution in [0, 0.1) is 0 Å². The maximum Gasteiger partial charge on any atom is 0.0888 e. The molecule has 0 heterocycles. The minimum atomic E-state index is 0.338. The van der Waals surface area contributed by atoms with Crippen molar-refractivity contribution in [3.63, 3.8) is 0 Å². The summed E-state index contributed by atoms with van der Waals surface area (Å²) in [6.07, 6.45) is 2.66. The molecule has 0 aromatic carbocycles. The highest BCUT2D eigenvalue weighted by atomic mass is 79.9. The van der Waals surface area contributed by atoms with Crippen molar-refractivity contribution in [3.8, 4) is 0 Å². The molecule has 0 amide bonds. The van der Waals surface area contributed by atoms with Crippen LogP contribution in [0.3, 0.4) is 0 Å². The minimum Gasteiger partial charge on any atom is -0.376 e. The largest absolute Gasteiger partial charge is 0.376 e. The monoisotopic (exact) mass is 190 g/mol. The number of hydrogen-bond donors (Lipinski definition) is 0. The third-order valence-electron chi connectivity index (χ3n) is 1.76. The van der Waals surface area contributed by atoms with E-state index in [4.69, 9.17) is 4.74 Å². The molecule has 0 radical (unpaired) electrons. The van der Waals surface area contributed by atoms with Gasteiger partial charge in [0.25, 0.3) is 0 Å². The van der Waals surface area contributed by atoms with Crippen LogP contribution in [0.25, 0.3) is 0 Å². The molecule has 9 heavy (non-hydrogen) atoms. The Morgan fingerprint density at radius 2 is 2.33 bits per heavy atom. The van der Waals surface area contributed by atoms with Crippen LogP contribution in [0.15, 0.2) is 10.1 Å². The predicted molar refractivity (Wildman–Crippen MR) is 41.7 cm³/mol. The summed E-state index contributed by atoms with van der Waals surface area (Å²) in [5.41, 5.74) is 1.43. The van der Waals surface area contributed by atoms with Gasteiger partial charge in [-0.05, 0) is 19.8 Å². The molecule has 2 heteroatoms. The molecule has 1 atom stereocenters. The zero-order valence-corrected chi connectivity index (χ0v) is 7.36. The van der Waals surface area contributed by atoms with Crippen molar-refractivity contribution < 1.29 is 4.74 Å². The molecule has 0 aromatic rings. The summed E-state index contributed by atoms with van der Waals surface area (Å²) in [6.45, 7) is 2.14. The van der Waals surface area contributed by atoms with E-state index in [2.05, 4.69) is 22.9 Å². The second-order valence-electron chi connectivity index (χ2n) is 2.39. The number of halogens is 1. The lowest BCUT2D eigenvalue weighted by atomic mass is 10.3. The molecule has 0 aliphatic heterocycles. The molecule has 52 valence electrons. The zero-order valence-electron chi connectivity index (χ0n) is 5.78. The summed E-state index contributed by atoms with van der Waals surface area (Å²) in [5.74, 6) is 0. The molecule has 0 saturated heterocycles. The summed E-state index contributed by atoms with van der Waals surface area (Å²) in [6, 6.07) is 0. The molecule has 1 aliphatic carbocycles. The first kappa shape index (κ1) is 7.29. The van der Waals surface area contributed by atoms with E-state index < -0.39 is 0 Å². The second kappa shape index (κ2) is 2.84. The fraction of sp³-hybridized carbons (Fsp3) is 0.714. The van der Waals surface area contributed by atoms with E-state index in [0.717, 1.165) is 6.42 Å². The molecule has 0 aromatic heterocycles. The van der Waals surface area contributed by atoms with Crippen molar-refractivity contribution in [2.45, 2.75) is 25.9 Å². The quantitative estimate of drug-likeness (QED) is 0.618. The van der Waals surface area contributed by atoms with Crippen molar-refractivity contribution in [3.05, 3.63) is 10.1 Å². The van der Waals surface area contributed by atoms with Crippen LogP contribution < -0.4 is 0 Å². The molecular weight excluding hydrogens is 180 g/mol. The summed E-state index contributed by atoms with van der Waals surface area (Å²) in [4.78, 5) is 0. The normalized spacial score (nSPS) is 27.7. The highest BCUT2D eigenvalue weighted by molar-refractivity contribution is 9.11. The number of methoxy groups -OCH3 is 1. The number of hydrogen-bond acceptors (Lipinski definition) is 1. The molecule has 0 bridgehead atoms. The van der Waals surface area contributed by atoms with E-state index in [1.807, 2.05) is 0 Å². The minimum absolute atomic E-state index is 0.338. The lowest BCUT2D eigenvalue weighted by molar-refractivity contribution is 0.139. The van der Waals surface area contributed by atoms with Gasteiger partial charge in [-0.1, -0.05) is 21.5 Å². The molecule has 1 aliphatic rings. The molecule has 1 nitrogen and oxygen atoms in total. The van der Waals surface area contributed by atoms with E-state index in [-0.39, 0.29) is 0 Å². The van der Waals surface area contributed by atoms with Gasteiger partial charge in [0.2, 0.25) is 0 Å². The third-order valence-corrected chi connectivity index (χ3v) is 2.94. The molecular formula is C7H11BrO. The zero-order chi connectivity index (χ0) is 6.85. The first-order chi connectivity index (χ1) is 4.25. The highest BCUT2D eigenvalue weighted by Crippen LogP contribution is 2.31. The lowest BCUT2D eigenvalue weighted by Crippen LogP contribution is -2.04. The average Bonchev–Trinajstić information content (AvgIpc) is 2.15. The molecule has 1 rings (SSSR count). The Kier molecular flexibility index (Phi) is 2.30. The van der Waals surface area contributed by atoms with Gasteiger partial charge in [0.05, 0.1) is 6.10 Å². The summed E-state index contributed by atoms with van der Waals surface area (Å²) >= 11 is 3.48. The SMILES string of the molecule is COC1CCC(C)=C1Br. The van der Waals surface area contributed by atoms with Crippen LogP contribution in [-0.2, 0) is 4.74 Å². The Hall–Kier alpha value is 0.180. The fourth-order valence-corrected chi connectivity index (χ4v) is 1.70. The van der Waals surface area contributed by atoms with E-state index >= 15 is 0 Å². The Balaban J connectivity index is 2.63. The second-order valence-corrected chi connectivity index (χ2v) is 3.25. The maximum absolute atomic E-state index is 5.19. The van der Waals surface area contributed by atoms with Crippen LogP contribution >= 0.6 is 15.9 Å². The van der Waals surface area contributed by atoms with Gasteiger partial charge in [-0.3, -0.25) is 0 Å². The molecule has 0 spiro atoms. The van der Waals surface area contributed by atoms with E-state index in [0.29, 0.717) is 6.10 Å². The first-order valence-electron chi connectivity index (χ1n) is 3.13. The summed E-state index contributed by atoms with van der Waals surface area (Å²) in [7, 11) is 1.75. The van der Waals surface area contributed by atoms with Crippen molar-refractivity contribution in [2.75, 3.05) is 7.11 Å². The Bertz CT molecular complexity index is 140.